The van der Waals surface area contributed by atoms with Crippen molar-refractivity contribution in [3.05, 3.63) is 82.4 Å². The van der Waals surface area contributed by atoms with E-state index in [1.807, 2.05) is 49.1 Å². The van der Waals surface area contributed by atoms with Crippen molar-refractivity contribution in [2.75, 3.05) is 6.54 Å². The number of aliphatic hydroxyl groups excluding tert-OH is 1. The maximum atomic E-state index is 12.4. The Balaban J connectivity index is 1.64. The highest BCUT2D eigenvalue weighted by atomic mass is 35.5. The molecule has 0 aliphatic carbocycles. The van der Waals surface area contributed by atoms with Gasteiger partial charge in [-0.15, -0.1) is 0 Å². The smallest absolute Gasteiger partial charge is 0.335 e. The number of aromatic carboxylic acids is 1. The molecular weight excluding hydrogens is 414 g/mol. The van der Waals surface area contributed by atoms with E-state index >= 15 is 0 Å². The second kappa shape index (κ2) is 9.67. The van der Waals surface area contributed by atoms with Crippen LogP contribution in [0.5, 0.6) is 0 Å². The number of carbonyl (C=O) groups is 2. The Bertz CT molecular complexity index is 950. The normalized spacial score (nSPS) is 18.0. The maximum Gasteiger partial charge on any atom is 0.335 e. The van der Waals surface area contributed by atoms with E-state index in [1.165, 1.54) is 0 Å². The summed E-state index contributed by atoms with van der Waals surface area (Å²) in [6, 6.07) is 14.1. The molecule has 164 valence electrons. The van der Waals surface area contributed by atoms with Gasteiger partial charge in [0, 0.05) is 23.4 Å². The molecule has 5 nitrogen and oxygen atoms in total. The summed E-state index contributed by atoms with van der Waals surface area (Å²) in [6.07, 6.45) is 4.86. The summed E-state index contributed by atoms with van der Waals surface area (Å²) < 4.78 is 0. The molecule has 1 aliphatic rings. The number of aliphatic hydroxyl groups is 1. The van der Waals surface area contributed by atoms with Gasteiger partial charge in [-0.2, -0.15) is 0 Å². The SMILES string of the molecule is CC(C)(c1ccc(Cl)cc1)C(O)/C=C/[C@H]1CCC(=O)N1CCc1ccc(C(=O)O)cc1. The van der Waals surface area contributed by atoms with Crippen LogP contribution >= 0.6 is 11.6 Å². The Morgan fingerprint density at radius 1 is 1.19 bits per heavy atom. The fourth-order valence-corrected chi connectivity index (χ4v) is 3.96. The standard InChI is InChI=1S/C25H28ClNO4/c1-25(2,19-7-9-20(26)10-8-19)22(28)13-11-21-12-14-23(29)27(21)16-15-17-3-5-18(6-4-17)24(30)31/h3-11,13,21-22,28H,12,14-16H2,1-2H3,(H,30,31)/b13-11+/t21-,22?/m0/s1. The topological polar surface area (TPSA) is 77.8 Å². The van der Waals surface area contributed by atoms with Crippen LogP contribution in [0.1, 0.15) is 48.2 Å². The Hall–Kier alpha value is -2.63. The third kappa shape index (κ3) is 5.54. The highest BCUT2D eigenvalue weighted by molar-refractivity contribution is 6.30. The summed E-state index contributed by atoms with van der Waals surface area (Å²) in [5.74, 6) is -0.852. The molecule has 6 heteroatoms. The van der Waals surface area contributed by atoms with E-state index in [0.29, 0.717) is 24.4 Å². The molecule has 31 heavy (non-hydrogen) atoms. The maximum absolute atomic E-state index is 12.4. The van der Waals surface area contributed by atoms with Crippen LogP contribution in [0.3, 0.4) is 0 Å². The molecule has 3 rings (SSSR count). The summed E-state index contributed by atoms with van der Waals surface area (Å²) in [4.78, 5) is 25.2. The molecule has 0 spiro atoms. The Morgan fingerprint density at radius 2 is 1.84 bits per heavy atom. The van der Waals surface area contributed by atoms with E-state index in [-0.39, 0.29) is 17.5 Å². The van der Waals surface area contributed by atoms with E-state index in [4.69, 9.17) is 16.7 Å². The summed E-state index contributed by atoms with van der Waals surface area (Å²) in [5.41, 5.74) is 1.72. The summed E-state index contributed by atoms with van der Waals surface area (Å²) in [7, 11) is 0. The van der Waals surface area contributed by atoms with Crippen molar-refractivity contribution in [3.63, 3.8) is 0 Å². The molecule has 1 fully saturated rings. The molecule has 1 amide bonds. The van der Waals surface area contributed by atoms with Crippen LogP contribution in [-0.4, -0.2) is 45.7 Å². The molecule has 0 bridgehead atoms. The fraction of sp³-hybridized carbons (Fsp3) is 0.360. The monoisotopic (exact) mass is 441 g/mol. The van der Waals surface area contributed by atoms with E-state index in [2.05, 4.69) is 0 Å². The lowest BCUT2D eigenvalue weighted by Crippen LogP contribution is -2.35. The van der Waals surface area contributed by atoms with E-state index in [9.17, 15) is 14.7 Å². The van der Waals surface area contributed by atoms with Gasteiger partial charge in [0.25, 0.3) is 0 Å². The van der Waals surface area contributed by atoms with E-state index in [1.54, 1.807) is 30.3 Å². The molecule has 0 saturated carbocycles. The largest absolute Gasteiger partial charge is 0.478 e. The van der Waals surface area contributed by atoms with Crippen molar-refractivity contribution in [2.24, 2.45) is 0 Å². The van der Waals surface area contributed by atoms with E-state index < -0.39 is 17.5 Å². The van der Waals surface area contributed by atoms with Crippen molar-refractivity contribution in [1.82, 2.24) is 4.90 Å². The first kappa shape index (κ1) is 23.0. The van der Waals surface area contributed by atoms with Crippen LogP contribution in [0.4, 0.5) is 0 Å². The van der Waals surface area contributed by atoms with Gasteiger partial charge < -0.3 is 15.1 Å². The predicted octanol–water partition coefficient (Wildman–Crippen LogP) is 4.47. The first-order valence-electron chi connectivity index (χ1n) is 10.4. The third-order valence-corrected chi connectivity index (χ3v) is 6.31. The number of amides is 1. The molecule has 1 unspecified atom stereocenters. The molecule has 0 radical (unpaired) electrons. The zero-order valence-electron chi connectivity index (χ0n) is 17.8. The van der Waals surface area contributed by atoms with Crippen molar-refractivity contribution >= 4 is 23.5 Å². The Labute approximate surface area is 188 Å². The van der Waals surface area contributed by atoms with Gasteiger partial charge in [-0.3, -0.25) is 4.79 Å². The number of benzene rings is 2. The number of nitrogens with zero attached hydrogens (tertiary/aromatic N) is 1. The van der Waals surface area contributed by atoms with Gasteiger partial charge in [0.15, 0.2) is 0 Å². The quantitative estimate of drug-likeness (QED) is 0.592. The number of likely N-dealkylation sites (tertiary alicyclic amines) is 1. The van der Waals surface area contributed by atoms with Gasteiger partial charge in [-0.05, 0) is 48.2 Å². The van der Waals surface area contributed by atoms with Gasteiger partial charge in [-0.25, -0.2) is 4.79 Å². The Morgan fingerprint density at radius 3 is 2.45 bits per heavy atom. The Kier molecular flexibility index (Phi) is 7.19. The second-order valence-corrected chi connectivity index (χ2v) is 8.94. The average Bonchev–Trinajstić information content (AvgIpc) is 3.10. The summed E-state index contributed by atoms with van der Waals surface area (Å²) in [5, 5.41) is 20.5. The number of carboxylic acids is 1. The molecule has 1 saturated heterocycles. The lowest BCUT2D eigenvalue weighted by molar-refractivity contribution is -0.128. The first-order valence-corrected chi connectivity index (χ1v) is 10.8. The minimum Gasteiger partial charge on any atom is -0.478 e. The molecule has 2 N–H and O–H groups in total. The van der Waals surface area contributed by atoms with Crippen molar-refractivity contribution in [1.29, 1.82) is 0 Å². The fourth-order valence-electron chi connectivity index (χ4n) is 3.83. The highest BCUT2D eigenvalue weighted by Gasteiger charge is 2.31. The molecule has 2 atom stereocenters. The highest BCUT2D eigenvalue weighted by Crippen LogP contribution is 2.30. The predicted molar refractivity (Wildman–Crippen MR) is 121 cm³/mol. The summed E-state index contributed by atoms with van der Waals surface area (Å²) in [6.45, 7) is 4.50. The minimum atomic E-state index is -0.952. The van der Waals surface area contributed by atoms with Crippen molar-refractivity contribution < 1.29 is 19.8 Å². The van der Waals surface area contributed by atoms with Crippen LogP contribution in [0, 0.1) is 0 Å². The summed E-state index contributed by atoms with van der Waals surface area (Å²) >= 11 is 5.97. The lowest BCUT2D eigenvalue weighted by atomic mass is 9.79. The van der Waals surface area contributed by atoms with Gasteiger partial charge in [0.2, 0.25) is 5.91 Å². The van der Waals surface area contributed by atoms with Crippen molar-refractivity contribution in [2.45, 2.75) is 50.7 Å². The van der Waals surface area contributed by atoms with Crippen LogP contribution in [0.15, 0.2) is 60.7 Å². The lowest BCUT2D eigenvalue weighted by Gasteiger charge is -2.30. The van der Waals surface area contributed by atoms with Gasteiger partial charge in [0.1, 0.15) is 0 Å². The van der Waals surface area contributed by atoms with Gasteiger partial charge in [0.05, 0.1) is 17.7 Å². The number of carboxylic acid groups (broad SMARTS) is 1. The zero-order valence-corrected chi connectivity index (χ0v) is 18.5. The number of hydrogen-bond acceptors (Lipinski definition) is 3. The molecule has 0 aromatic heterocycles. The number of hydrogen-bond donors (Lipinski definition) is 2. The molecule has 2 aromatic rings. The van der Waals surface area contributed by atoms with Crippen LogP contribution in [0.25, 0.3) is 0 Å². The zero-order chi connectivity index (χ0) is 22.6. The average molecular weight is 442 g/mol. The number of carbonyl (C=O) groups excluding carboxylic acids is 1. The molecule has 1 heterocycles. The van der Waals surface area contributed by atoms with Gasteiger partial charge in [-0.1, -0.05) is 61.9 Å². The van der Waals surface area contributed by atoms with Crippen LogP contribution < -0.4 is 0 Å². The first-order chi connectivity index (χ1) is 14.7. The number of rotatable bonds is 8. The minimum absolute atomic E-state index is 0.0542. The third-order valence-electron chi connectivity index (χ3n) is 6.06. The molecular formula is C25H28ClNO4. The second-order valence-electron chi connectivity index (χ2n) is 8.50. The van der Waals surface area contributed by atoms with Crippen LogP contribution in [-0.2, 0) is 16.6 Å². The molecule has 2 aromatic carbocycles. The molecule has 1 aliphatic heterocycles. The van der Waals surface area contributed by atoms with Crippen LogP contribution in [0.2, 0.25) is 5.02 Å². The van der Waals surface area contributed by atoms with E-state index in [0.717, 1.165) is 17.5 Å². The van der Waals surface area contributed by atoms with Crippen molar-refractivity contribution in [3.8, 4) is 0 Å². The van der Waals surface area contributed by atoms with Gasteiger partial charge >= 0.3 is 5.97 Å². The number of halogens is 1.